The van der Waals surface area contributed by atoms with Gasteiger partial charge < -0.3 is 0 Å². The number of nitrogens with zero attached hydrogens (tertiary/aromatic N) is 3. The molecule has 0 radical (unpaired) electrons. The number of nitrogens with one attached hydrogen (secondary N) is 1. The Morgan fingerprint density at radius 2 is 1.66 bits per heavy atom. The summed E-state index contributed by atoms with van der Waals surface area (Å²) in [4.78, 5) is 12.7. The van der Waals surface area contributed by atoms with Crippen LogP contribution >= 0.6 is 11.6 Å². The molecule has 0 aliphatic rings. The molecule has 4 rings (SSSR count). The Morgan fingerprint density at radius 3 is 2.41 bits per heavy atom. The van der Waals surface area contributed by atoms with Crippen LogP contribution in [0.2, 0.25) is 5.02 Å². The fourth-order valence-electron chi connectivity index (χ4n) is 2.83. The summed E-state index contributed by atoms with van der Waals surface area (Å²) < 4.78 is 4.17. The molecular formula is C22H17ClN4OSe. The number of carbonyl (C=O) groups excluding carboxylic acids is 1. The van der Waals surface area contributed by atoms with Gasteiger partial charge in [0, 0.05) is 0 Å². The molecule has 0 aliphatic carbocycles. The molecule has 1 amide bonds. The van der Waals surface area contributed by atoms with Crippen LogP contribution in [0.1, 0.15) is 16.2 Å². The number of aromatic nitrogens is 3. The standard InChI is InChI=1S/C22H17ClN4OSe/c1-15-21(22(28)24-17-13-11-16(23)12-14-17)25-26-27(15)19-9-5-6-10-20(19)29-18-7-3-2-4-8-18/h2-14H,1H3,(H,24,28). The van der Waals surface area contributed by atoms with Gasteiger partial charge >= 0.3 is 180 Å². The van der Waals surface area contributed by atoms with E-state index in [1.807, 2.05) is 43.3 Å². The number of carbonyl (C=O) groups is 1. The van der Waals surface area contributed by atoms with Gasteiger partial charge in [0.15, 0.2) is 0 Å². The van der Waals surface area contributed by atoms with Crippen molar-refractivity contribution in [3.63, 3.8) is 0 Å². The van der Waals surface area contributed by atoms with Crippen LogP contribution in [0.15, 0.2) is 78.9 Å². The second-order valence-corrected chi connectivity index (χ2v) is 9.06. The van der Waals surface area contributed by atoms with Crippen LogP contribution in [0, 0.1) is 6.92 Å². The summed E-state index contributed by atoms with van der Waals surface area (Å²) in [7, 11) is 0. The first kappa shape index (κ1) is 19.4. The van der Waals surface area contributed by atoms with E-state index in [0.717, 1.165) is 5.69 Å². The minimum atomic E-state index is -0.304. The molecular weight excluding hydrogens is 451 g/mol. The van der Waals surface area contributed by atoms with Gasteiger partial charge in [-0.1, -0.05) is 0 Å². The maximum atomic E-state index is 12.7. The Morgan fingerprint density at radius 1 is 0.966 bits per heavy atom. The Balaban J connectivity index is 1.62. The van der Waals surface area contributed by atoms with E-state index in [2.05, 4.69) is 33.8 Å². The van der Waals surface area contributed by atoms with Crippen LogP contribution in [0.3, 0.4) is 0 Å². The van der Waals surface area contributed by atoms with Gasteiger partial charge in [0.1, 0.15) is 0 Å². The third kappa shape index (κ3) is 4.40. The van der Waals surface area contributed by atoms with Crippen LogP contribution < -0.4 is 14.2 Å². The van der Waals surface area contributed by atoms with E-state index in [1.165, 1.54) is 8.92 Å². The first-order valence-electron chi connectivity index (χ1n) is 8.93. The zero-order chi connectivity index (χ0) is 20.2. The van der Waals surface area contributed by atoms with Crippen molar-refractivity contribution in [1.29, 1.82) is 0 Å². The van der Waals surface area contributed by atoms with E-state index in [4.69, 9.17) is 11.6 Å². The van der Waals surface area contributed by atoms with E-state index in [-0.39, 0.29) is 20.9 Å². The number of benzene rings is 3. The molecule has 1 N–H and O–H groups in total. The molecule has 29 heavy (non-hydrogen) atoms. The summed E-state index contributed by atoms with van der Waals surface area (Å²) in [5.74, 6) is -0.304. The SMILES string of the molecule is Cc1c(C(=O)Nc2ccc(Cl)cc2)nnn1-c1ccccc1[Se]c1ccccc1. The average molecular weight is 468 g/mol. The summed E-state index contributed by atoms with van der Waals surface area (Å²) in [6.45, 7) is 1.85. The molecule has 0 unspecified atom stereocenters. The molecule has 0 saturated carbocycles. The average Bonchev–Trinajstić information content (AvgIpc) is 3.12. The predicted molar refractivity (Wildman–Crippen MR) is 117 cm³/mol. The van der Waals surface area contributed by atoms with E-state index < -0.39 is 0 Å². The minimum absolute atomic E-state index is 0.113. The summed E-state index contributed by atoms with van der Waals surface area (Å²) in [6.07, 6.45) is 0. The van der Waals surface area contributed by atoms with Crippen molar-refractivity contribution in [2.45, 2.75) is 6.92 Å². The maximum absolute atomic E-state index is 12.7. The first-order chi connectivity index (χ1) is 14.1. The van der Waals surface area contributed by atoms with Gasteiger partial charge in [-0.15, -0.1) is 0 Å². The number of rotatable bonds is 5. The summed E-state index contributed by atoms with van der Waals surface area (Å²) in [5, 5.41) is 11.8. The number of amides is 1. The van der Waals surface area contributed by atoms with Gasteiger partial charge in [0.05, 0.1) is 0 Å². The van der Waals surface area contributed by atoms with Crippen LogP contribution in [0.5, 0.6) is 0 Å². The molecule has 0 saturated heterocycles. The van der Waals surface area contributed by atoms with E-state index >= 15 is 0 Å². The van der Waals surface area contributed by atoms with Crippen LogP contribution in [-0.2, 0) is 0 Å². The Bertz CT molecular complexity index is 1140. The fraction of sp³-hybridized carbons (Fsp3) is 0.0455. The summed E-state index contributed by atoms with van der Waals surface area (Å²) in [6, 6.07) is 25.4. The molecule has 0 atom stereocenters. The fourth-order valence-corrected chi connectivity index (χ4v) is 4.95. The van der Waals surface area contributed by atoms with E-state index in [9.17, 15) is 4.79 Å². The van der Waals surface area contributed by atoms with Gasteiger partial charge in [-0.25, -0.2) is 0 Å². The zero-order valence-corrected chi connectivity index (χ0v) is 18.0. The molecule has 4 aromatic rings. The van der Waals surface area contributed by atoms with Crippen LogP contribution in [0.25, 0.3) is 5.69 Å². The molecule has 5 nitrogen and oxygen atoms in total. The molecule has 144 valence electrons. The molecule has 7 heteroatoms. The number of anilines is 1. The van der Waals surface area contributed by atoms with Crippen molar-refractivity contribution in [3.05, 3.63) is 95.3 Å². The van der Waals surface area contributed by atoms with Gasteiger partial charge in [0.25, 0.3) is 0 Å². The van der Waals surface area contributed by atoms with E-state index in [0.29, 0.717) is 22.1 Å². The van der Waals surface area contributed by atoms with Crippen molar-refractivity contribution in [2.75, 3.05) is 5.32 Å². The topological polar surface area (TPSA) is 59.8 Å². The zero-order valence-electron chi connectivity index (χ0n) is 15.5. The summed E-state index contributed by atoms with van der Waals surface area (Å²) in [5.41, 5.74) is 2.57. The summed E-state index contributed by atoms with van der Waals surface area (Å²) >= 11 is 6.01. The molecule has 0 aliphatic heterocycles. The Hall–Kier alpha value is -2.92. The van der Waals surface area contributed by atoms with Crippen molar-refractivity contribution in [2.24, 2.45) is 0 Å². The van der Waals surface area contributed by atoms with Crippen LogP contribution in [-0.4, -0.2) is 35.9 Å². The number of halogens is 1. The van der Waals surface area contributed by atoms with Crippen LogP contribution in [0.4, 0.5) is 5.69 Å². The molecule has 0 spiro atoms. The van der Waals surface area contributed by atoms with Gasteiger partial charge in [-0.3, -0.25) is 0 Å². The van der Waals surface area contributed by atoms with Gasteiger partial charge in [0.2, 0.25) is 0 Å². The third-order valence-corrected chi connectivity index (χ3v) is 6.78. The molecule has 1 heterocycles. The quantitative estimate of drug-likeness (QED) is 0.459. The van der Waals surface area contributed by atoms with Crippen molar-refractivity contribution >= 4 is 47.1 Å². The second kappa shape index (κ2) is 8.62. The van der Waals surface area contributed by atoms with Crippen molar-refractivity contribution < 1.29 is 4.79 Å². The molecule has 3 aromatic carbocycles. The first-order valence-corrected chi connectivity index (χ1v) is 11.0. The predicted octanol–water partition coefficient (Wildman–Crippen LogP) is 3.14. The Labute approximate surface area is 179 Å². The van der Waals surface area contributed by atoms with E-state index in [1.54, 1.807) is 28.9 Å². The number of hydrogen-bond donors (Lipinski definition) is 1. The Kier molecular flexibility index (Phi) is 5.76. The molecule has 0 bridgehead atoms. The number of para-hydroxylation sites is 1. The van der Waals surface area contributed by atoms with Gasteiger partial charge in [-0.05, 0) is 0 Å². The second-order valence-electron chi connectivity index (χ2n) is 6.28. The molecule has 1 aromatic heterocycles. The third-order valence-electron chi connectivity index (χ3n) is 4.28. The van der Waals surface area contributed by atoms with Crippen molar-refractivity contribution in [1.82, 2.24) is 15.0 Å². The monoisotopic (exact) mass is 468 g/mol. The van der Waals surface area contributed by atoms with Gasteiger partial charge in [-0.2, -0.15) is 0 Å². The van der Waals surface area contributed by atoms with Crippen molar-refractivity contribution in [3.8, 4) is 5.69 Å². The molecule has 0 fully saturated rings. The normalized spacial score (nSPS) is 10.7. The number of hydrogen-bond acceptors (Lipinski definition) is 3.